The fourth-order valence-electron chi connectivity index (χ4n) is 6.90. The van der Waals surface area contributed by atoms with Gasteiger partial charge in [0.15, 0.2) is 11.6 Å². The number of nitrogens with zero attached hydrogens (tertiary/aromatic N) is 6. The number of halogens is 3. The zero-order valence-corrected chi connectivity index (χ0v) is 24.0. The van der Waals surface area contributed by atoms with Gasteiger partial charge in [0.05, 0.1) is 30.1 Å². The number of ether oxygens (including phenoxy) is 3. The van der Waals surface area contributed by atoms with Crippen LogP contribution in [0, 0.1) is 11.6 Å². The number of hydrogen-bond donors (Lipinski definition) is 3. The number of benzene rings is 1. The second kappa shape index (κ2) is 11.4. The SMILES string of the molecule is CO[C@@H]1[C@@H](n2cc(-c3ccc(Cl)c(F)c3F)nn2)[C@@H](O)[C@@H](CO)O[C@@H]1Cn1cc(C23CCC(OC(N)=O)(CC2)CC3)nn1. The number of carbonyl (C=O) groups excluding carboxylic acids is 1. The molecule has 13 nitrogen and oxygen atoms in total. The third kappa shape index (κ3) is 5.26. The number of hydrogen-bond acceptors (Lipinski definition) is 10. The summed E-state index contributed by atoms with van der Waals surface area (Å²) in [6, 6.07) is 1.60. The van der Waals surface area contributed by atoms with Gasteiger partial charge in [-0.15, -0.1) is 10.2 Å². The molecular formula is C27H32ClF2N7O6. The molecule has 4 aliphatic rings. The van der Waals surface area contributed by atoms with Crippen molar-refractivity contribution < 1.29 is 38.0 Å². The van der Waals surface area contributed by atoms with Crippen molar-refractivity contribution in [3.63, 3.8) is 0 Å². The molecule has 1 aromatic carbocycles. The Kier molecular flexibility index (Phi) is 7.87. The van der Waals surface area contributed by atoms with Crippen molar-refractivity contribution in [3.05, 3.63) is 46.9 Å². The molecule has 232 valence electrons. The summed E-state index contributed by atoms with van der Waals surface area (Å²) in [5, 5.41) is 37.7. The zero-order valence-electron chi connectivity index (χ0n) is 23.3. The molecule has 1 aliphatic heterocycles. The maximum Gasteiger partial charge on any atom is 0.405 e. The number of nitrogens with two attached hydrogens (primary N) is 1. The maximum absolute atomic E-state index is 14.6. The maximum atomic E-state index is 14.6. The first-order valence-corrected chi connectivity index (χ1v) is 14.4. The number of rotatable bonds is 8. The first-order valence-electron chi connectivity index (χ1n) is 14.0. The van der Waals surface area contributed by atoms with Crippen molar-refractivity contribution in [1.29, 1.82) is 0 Å². The van der Waals surface area contributed by atoms with Crippen molar-refractivity contribution >= 4 is 17.7 Å². The predicted molar refractivity (Wildman–Crippen MR) is 145 cm³/mol. The van der Waals surface area contributed by atoms with Gasteiger partial charge >= 0.3 is 6.09 Å². The summed E-state index contributed by atoms with van der Waals surface area (Å²) in [5.74, 6) is -2.38. The van der Waals surface area contributed by atoms with Crippen LogP contribution in [0.1, 0.15) is 50.3 Å². The van der Waals surface area contributed by atoms with Gasteiger partial charge in [-0.05, 0) is 50.7 Å². The van der Waals surface area contributed by atoms with E-state index in [1.807, 2.05) is 6.20 Å². The van der Waals surface area contributed by atoms with Crippen LogP contribution in [-0.2, 0) is 26.2 Å². The van der Waals surface area contributed by atoms with Crippen molar-refractivity contribution in [2.45, 2.75) is 86.5 Å². The van der Waals surface area contributed by atoms with E-state index >= 15 is 0 Å². The number of aromatic nitrogens is 6. The normalized spacial score (nSPS) is 32.2. The highest BCUT2D eigenvalue weighted by Gasteiger charge is 2.53. The molecule has 5 atom stereocenters. The molecule has 3 heterocycles. The molecule has 4 N–H and O–H groups in total. The van der Waals surface area contributed by atoms with Gasteiger partial charge in [-0.3, -0.25) is 0 Å². The van der Waals surface area contributed by atoms with E-state index in [1.54, 1.807) is 4.68 Å². The van der Waals surface area contributed by atoms with Gasteiger partial charge in [-0.1, -0.05) is 22.0 Å². The Morgan fingerprint density at radius 2 is 1.84 bits per heavy atom. The lowest BCUT2D eigenvalue weighted by atomic mass is 9.57. The van der Waals surface area contributed by atoms with E-state index in [0.29, 0.717) is 19.3 Å². The second-order valence-electron chi connectivity index (χ2n) is 11.6. The molecule has 3 saturated carbocycles. The van der Waals surface area contributed by atoms with Gasteiger partial charge in [0, 0.05) is 24.3 Å². The summed E-state index contributed by atoms with van der Waals surface area (Å²) < 4.78 is 48.9. The summed E-state index contributed by atoms with van der Waals surface area (Å²) in [7, 11) is 1.45. The van der Waals surface area contributed by atoms with Gasteiger partial charge in [-0.25, -0.2) is 22.9 Å². The van der Waals surface area contributed by atoms with Gasteiger partial charge in [0.1, 0.15) is 41.8 Å². The number of aliphatic hydroxyl groups is 2. The molecular weight excluding hydrogens is 592 g/mol. The highest BCUT2D eigenvalue weighted by molar-refractivity contribution is 6.30. The number of amides is 1. The minimum Gasteiger partial charge on any atom is -0.443 e. The third-order valence-corrected chi connectivity index (χ3v) is 9.60. The summed E-state index contributed by atoms with van der Waals surface area (Å²) in [5.41, 5.74) is 5.30. The standard InChI is InChI=1S/C27H32ClF2N7O6/c1-41-24-17(11-36-12-19(33-34-36)26-4-7-27(8-5-26,9-6-26)43-25(31)40)42-18(13-38)23(39)22(24)37-10-16(32-35-37)14-2-3-15(28)21(30)20(14)29/h2-3,10,12,17-18,22-24,38-39H,4-9,11,13H2,1H3,(H2,31,40)/t17-,18-,22+,23+,24+,26?,27?/m1/s1. The topological polar surface area (TPSA) is 173 Å². The van der Waals surface area contributed by atoms with Crippen LogP contribution < -0.4 is 5.73 Å². The first kappa shape index (κ1) is 29.8. The summed E-state index contributed by atoms with van der Waals surface area (Å²) >= 11 is 5.68. The van der Waals surface area contributed by atoms with Crippen LogP contribution in [0.4, 0.5) is 13.6 Å². The molecule has 0 spiro atoms. The van der Waals surface area contributed by atoms with Crippen LogP contribution >= 0.6 is 11.6 Å². The predicted octanol–water partition coefficient (Wildman–Crippen LogP) is 2.28. The molecule has 4 fully saturated rings. The largest absolute Gasteiger partial charge is 0.443 e. The smallest absolute Gasteiger partial charge is 0.405 e. The number of fused-ring (bicyclic) bond motifs is 3. The van der Waals surface area contributed by atoms with Crippen LogP contribution in [0.2, 0.25) is 5.02 Å². The van der Waals surface area contributed by atoms with Crippen LogP contribution in [0.3, 0.4) is 0 Å². The van der Waals surface area contributed by atoms with Crippen LogP contribution in [0.15, 0.2) is 24.5 Å². The van der Waals surface area contributed by atoms with Crippen molar-refractivity contribution in [3.8, 4) is 11.3 Å². The van der Waals surface area contributed by atoms with Crippen LogP contribution in [0.5, 0.6) is 0 Å². The minimum atomic E-state index is -1.27. The Bertz CT molecular complexity index is 1480. The number of aliphatic hydroxyl groups excluding tert-OH is 2. The molecule has 2 aromatic heterocycles. The van der Waals surface area contributed by atoms with Crippen molar-refractivity contribution in [1.82, 2.24) is 30.0 Å². The lowest BCUT2D eigenvalue weighted by molar-refractivity contribution is -0.216. The summed E-state index contributed by atoms with van der Waals surface area (Å²) in [4.78, 5) is 11.4. The molecule has 7 rings (SSSR count). The van der Waals surface area contributed by atoms with Crippen LogP contribution in [0.25, 0.3) is 11.3 Å². The molecule has 0 radical (unpaired) electrons. The molecule has 3 aromatic rings. The second-order valence-corrected chi connectivity index (χ2v) is 12.0. The van der Waals surface area contributed by atoms with Crippen molar-refractivity contribution in [2.24, 2.45) is 5.73 Å². The van der Waals surface area contributed by atoms with Gasteiger partial charge < -0.3 is 30.2 Å². The molecule has 1 saturated heterocycles. The molecule has 0 unspecified atom stereocenters. The molecule has 3 aliphatic carbocycles. The molecule has 43 heavy (non-hydrogen) atoms. The van der Waals surface area contributed by atoms with E-state index in [9.17, 15) is 23.8 Å². The zero-order chi connectivity index (χ0) is 30.5. The highest BCUT2D eigenvalue weighted by atomic mass is 35.5. The Morgan fingerprint density at radius 1 is 1.12 bits per heavy atom. The number of carbonyl (C=O) groups is 1. The third-order valence-electron chi connectivity index (χ3n) is 9.31. The Morgan fingerprint density at radius 3 is 2.49 bits per heavy atom. The number of methoxy groups -OCH3 is 1. The minimum absolute atomic E-state index is 0.0177. The Hall–Kier alpha value is -3.24. The lowest BCUT2D eigenvalue weighted by Crippen LogP contribution is -2.57. The van der Waals surface area contributed by atoms with Gasteiger partial charge in [0.25, 0.3) is 0 Å². The van der Waals surface area contributed by atoms with Crippen molar-refractivity contribution in [2.75, 3.05) is 13.7 Å². The number of primary amides is 1. The quantitative estimate of drug-likeness (QED) is 0.316. The van der Waals surface area contributed by atoms with E-state index in [1.165, 1.54) is 30.1 Å². The fourth-order valence-corrected chi connectivity index (χ4v) is 7.05. The van der Waals surface area contributed by atoms with E-state index in [4.69, 9.17) is 31.5 Å². The van der Waals surface area contributed by atoms with Gasteiger partial charge in [-0.2, -0.15) is 0 Å². The molecule has 16 heteroatoms. The van der Waals surface area contributed by atoms with E-state index in [2.05, 4.69) is 20.6 Å². The highest BCUT2D eigenvalue weighted by Crippen LogP contribution is 2.54. The fraction of sp³-hybridized carbons (Fsp3) is 0.593. The first-order chi connectivity index (χ1) is 20.6. The average molecular weight is 624 g/mol. The van der Waals surface area contributed by atoms with E-state index < -0.39 is 60.4 Å². The molecule has 2 bridgehead atoms. The molecule has 1 amide bonds. The van der Waals surface area contributed by atoms with E-state index in [0.717, 1.165) is 25.0 Å². The monoisotopic (exact) mass is 623 g/mol. The lowest BCUT2D eigenvalue weighted by Gasteiger charge is -2.51. The summed E-state index contributed by atoms with van der Waals surface area (Å²) in [6.45, 7) is -0.321. The van der Waals surface area contributed by atoms with Gasteiger partial charge in [0.2, 0.25) is 0 Å². The average Bonchev–Trinajstić information content (AvgIpc) is 3.67. The Balaban J connectivity index is 1.22. The Labute approximate surface area is 249 Å². The van der Waals surface area contributed by atoms with E-state index in [-0.39, 0.29) is 28.2 Å². The van der Waals surface area contributed by atoms with Crippen LogP contribution in [-0.4, -0.2) is 90.0 Å². The summed E-state index contributed by atoms with van der Waals surface area (Å²) in [6.07, 6.45) is 3.13.